The number of imidazole rings is 1. The molecule has 25 heavy (non-hydrogen) atoms. The maximum Gasteiger partial charge on any atom is 0.251 e. The summed E-state index contributed by atoms with van der Waals surface area (Å²) in [5.41, 5.74) is 3.42. The van der Waals surface area contributed by atoms with Crippen LogP contribution in [0.5, 0.6) is 0 Å². The zero-order valence-electron chi connectivity index (χ0n) is 14.4. The first-order chi connectivity index (χ1) is 12.3. The lowest BCUT2D eigenvalue weighted by Gasteiger charge is -2.12. The molecule has 0 aliphatic heterocycles. The van der Waals surface area contributed by atoms with Crippen LogP contribution in [0.1, 0.15) is 48.8 Å². The number of hydrogen-bond acceptors (Lipinski definition) is 3. The third kappa shape index (κ3) is 3.02. The number of benzene rings is 1. The van der Waals surface area contributed by atoms with Gasteiger partial charge in [-0.3, -0.25) is 9.36 Å². The van der Waals surface area contributed by atoms with E-state index in [1.54, 1.807) is 6.20 Å². The Morgan fingerprint density at radius 3 is 2.68 bits per heavy atom. The van der Waals surface area contributed by atoms with Crippen LogP contribution in [0.4, 0.5) is 0 Å². The minimum Gasteiger partial charge on any atom is -0.349 e. The van der Waals surface area contributed by atoms with E-state index in [1.807, 2.05) is 36.4 Å². The second-order valence-corrected chi connectivity index (χ2v) is 6.56. The molecular formula is C20H22N4O. The van der Waals surface area contributed by atoms with Gasteiger partial charge in [-0.1, -0.05) is 19.8 Å². The van der Waals surface area contributed by atoms with Gasteiger partial charge in [-0.15, -0.1) is 0 Å². The van der Waals surface area contributed by atoms with E-state index in [4.69, 9.17) is 0 Å². The number of carbonyl (C=O) groups is 1. The summed E-state index contributed by atoms with van der Waals surface area (Å²) in [6.07, 6.45) is 7.21. The second-order valence-electron chi connectivity index (χ2n) is 6.56. The van der Waals surface area contributed by atoms with Crippen molar-refractivity contribution in [1.82, 2.24) is 19.9 Å². The van der Waals surface area contributed by atoms with Crippen molar-refractivity contribution in [2.24, 2.45) is 0 Å². The van der Waals surface area contributed by atoms with Crippen LogP contribution >= 0.6 is 0 Å². The van der Waals surface area contributed by atoms with E-state index in [1.165, 1.54) is 12.8 Å². The molecule has 1 aromatic carbocycles. The van der Waals surface area contributed by atoms with Gasteiger partial charge < -0.3 is 5.32 Å². The van der Waals surface area contributed by atoms with Crippen molar-refractivity contribution in [3.63, 3.8) is 0 Å². The van der Waals surface area contributed by atoms with Crippen LogP contribution in [0.15, 0.2) is 42.6 Å². The molecule has 1 fully saturated rings. The van der Waals surface area contributed by atoms with Gasteiger partial charge in [-0.25, -0.2) is 9.97 Å². The third-order valence-electron chi connectivity index (χ3n) is 4.88. The van der Waals surface area contributed by atoms with Crippen molar-refractivity contribution in [3.05, 3.63) is 54.0 Å². The number of amides is 1. The van der Waals surface area contributed by atoms with Gasteiger partial charge in [0.1, 0.15) is 11.3 Å². The van der Waals surface area contributed by atoms with E-state index >= 15 is 0 Å². The van der Waals surface area contributed by atoms with Gasteiger partial charge in [0.25, 0.3) is 5.91 Å². The molecule has 2 heterocycles. The summed E-state index contributed by atoms with van der Waals surface area (Å²) in [6, 6.07) is 11.9. The van der Waals surface area contributed by atoms with Crippen LogP contribution in [-0.2, 0) is 6.42 Å². The van der Waals surface area contributed by atoms with Gasteiger partial charge in [-0.2, -0.15) is 0 Å². The maximum absolute atomic E-state index is 12.4. The summed E-state index contributed by atoms with van der Waals surface area (Å²) in [6.45, 7) is 2.08. The standard InChI is InChI=1S/C20H22N4O/c1-2-18-23-17-8-5-13-21-19(17)24(18)16-11-9-14(10-12-16)20(25)22-15-6-3-4-7-15/h5,8-13,15H,2-4,6-7H2,1H3,(H,22,25). The first-order valence-electron chi connectivity index (χ1n) is 9.00. The zero-order chi connectivity index (χ0) is 17.2. The Morgan fingerprint density at radius 2 is 1.96 bits per heavy atom. The Bertz CT molecular complexity index is 892. The molecule has 1 aliphatic rings. The van der Waals surface area contributed by atoms with Gasteiger partial charge in [-0.05, 0) is 49.2 Å². The van der Waals surface area contributed by atoms with E-state index in [-0.39, 0.29) is 5.91 Å². The summed E-state index contributed by atoms with van der Waals surface area (Å²) in [5.74, 6) is 0.986. The van der Waals surface area contributed by atoms with Crippen molar-refractivity contribution in [2.45, 2.75) is 45.1 Å². The summed E-state index contributed by atoms with van der Waals surface area (Å²) >= 11 is 0. The summed E-state index contributed by atoms with van der Waals surface area (Å²) in [7, 11) is 0. The fourth-order valence-corrected chi connectivity index (χ4v) is 3.57. The molecule has 0 bridgehead atoms. The molecule has 5 heteroatoms. The van der Waals surface area contributed by atoms with Crippen molar-refractivity contribution in [1.29, 1.82) is 0 Å². The van der Waals surface area contributed by atoms with Crippen LogP contribution in [0, 0.1) is 0 Å². The number of hydrogen-bond donors (Lipinski definition) is 1. The van der Waals surface area contributed by atoms with Crippen LogP contribution in [0.25, 0.3) is 16.9 Å². The van der Waals surface area contributed by atoms with E-state index in [0.717, 1.165) is 41.9 Å². The molecule has 1 aliphatic carbocycles. The van der Waals surface area contributed by atoms with Crippen LogP contribution in [0.2, 0.25) is 0 Å². The van der Waals surface area contributed by atoms with E-state index in [9.17, 15) is 4.79 Å². The highest BCUT2D eigenvalue weighted by atomic mass is 16.1. The number of aryl methyl sites for hydroxylation is 1. The summed E-state index contributed by atoms with van der Waals surface area (Å²) in [4.78, 5) is 21.5. The number of pyridine rings is 1. The zero-order valence-corrected chi connectivity index (χ0v) is 14.4. The van der Waals surface area contributed by atoms with E-state index in [0.29, 0.717) is 11.6 Å². The topological polar surface area (TPSA) is 59.8 Å². The average molecular weight is 334 g/mol. The second kappa shape index (κ2) is 6.67. The Labute approximate surface area is 147 Å². The molecular weight excluding hydrogens is 312 g/mol. The van der Waals surface area contributed by atoms with Crippen LogP contribution in [-0.4, -0.2) is 26.5 Å². The first kappa shape index (κ1) is 15.8. The SMILES string of the molecule is CCc1nc2cccnc2n1-c1ccc(C(=O)NC2CCCC2)cc1. The van der Waals surface area contributed by atoms with Gasteiger partial charge in [0.15, 0.2) is 5.65 Å². The third-order valence-corrected chi connectivity index (χ3v) is 4.88. The molecule has 4 rings (SSSR count). The predicted octanol–water partition coefficient (Wildman–Crippen LogP) is 3.66. The molecule has 0 unspecified atom stereocenters. The Balaban J connectivity index is 1.63. The van der Waals surface area contributed by atoms with Gasteiger partial charge >= 0.3 is 0 Å². The summed E-state index contributed by atoms with van der Waals surface area (Å²) in [5, 5.41) is 3.13. The molecule has 0 spiro atoms. The van der Waals surface area contributed by atoms with Gasteiger partial charge in [0, 0.05) is 29.9 Å². The van der Waals surface area contributed by atoms with Crippen molar-refractivity contribution < 1.29 is 4.79 Å². The van der Waals surface area contributed by atoms with Crippen molar-refractivity contribution in [2.75, 3.05) is 0 Å². The highest BCUT2D eigenvalue weighted by Gasteiger charge is 2.18. The number of nitrogens with one attached hydrogen (secondary N) is 1. The molecule has 1 amide bonds. The van der Waals surface area contributed by atoms with Crippen molar-refractivity contribution in [3.8, 4) is 5.69 Å². The molecule has 1 N–H and O–H groups in total. The monoisotopic (exact) mass is 334 g/mol. The van der Waals surface area contributed by atoms with E-state index < -0.39 is 0 Å². The Morgan fingerprint density at radius 1 is 1.20 bits per heavy atom. The largest absolute Gasteiger partial charge is 0.349 e. The van der Waals surface area contributed by atoms with Crippen LogP contribution in [0.3, 0.4) is 0 Å². The molecule has 3 aromatic rings. The number of aromatic nitrogens is 3. The average Bonchev–Trinajstić information content (AvgIpc) is 3.28. The molecule has 0 radical (unpaired) electrons. The fraction of sp³-hybridized carbons (Fsp3) is 0.350. The minimum absolute atomic E-state index is 0.0165. The lowest BCUT2D eigenvalue weighted by atomic mass is 10.1. The molecule has 5 nitrogen and oxygen atoms in total. The molecule has 0 saturated heterocycles. The van der Waals surface area contributed by atoms with Crippen LogP contribution < -0.4 is 5.32 Å². The number of nitrogens with zero attached hydrogens (tertiary/aromatic N) is 3. The first-order valence-corrected chi connectivity index (χ1v) is 9.00. The highest BCUT2D eigenvalue weighted by molar-refractivity contribution is 5.94. The lowest BCUT2D eigenvalue weighted by Crippen LogP contribution is -2.32. The van der Waals surface area contributed by atoms with E-state index in [2.05, 4.69) is 26.8 Å². The normalized spacial score (nSPS) is 14.9. The molecule has 0 atom stereocenters. The number of carbonyl (C=O) groups excluding carboxylic acids is 1. The van der Waals surface area contributed by atoms with Gasteiger partial charge in [0.05, 0.1) is 0 Å². The summed E-state index contributed by atoms with van der Waals surface area (Å²) < 4.78 is 2.06. The predicted molar refractivity (Wildman–Crippen MR) is 98.0 cm³/mol. The number of rotatable bonds is 4. The Kier molecular flexibility index (Phi) is 4.22. The molecule has 128 valence electrons. The van der Waals surface area contributed by atoms with Crippen molar-refractivity contribution >= 4 is 17.1 Å². The van der Waals surface area contributed by atoms with Gasteiger partial charge in [0.2, 0.25) is 0 Å². The Hall–Kier alpha value is -2.69. The number of fused-ring (bicyclic) bond motifs is 1. The molecule has 1 saturated carbocycles. The maximum atomic E-state index is 12.4. The quantitative estimate of drug-likeness (QED) is 0.792. The highest BCUT2D eigenvalue weighted by Crippen LogP contribution is 2.21. The smallest absolute Gasteiger partial charge is 0.251 e. The molecule has 2 aromatic heterocycles. The minimum atomic E-state index is 0.0165. The fourth-order valence-electron chi connectivity index (χ4n) is 3.57. The lowest BCUT2D eigenvalue weighted by molar-refractivity contribution is 0.0938.